The fourth-order valence-corrected chi connectivity index (χ4v) is 2.01. The zero-order valence-corrected chi connectivity index (χ0v) is 13.3. The van der Waals surface area contributed by atoms with Crippen LogP contribution in [0.1, 0.15) is 30.6 Å². The van der Waals surface area contributed by atoms with Crippen LogP contribution in [0.5, 0.6) is 5.75 Å². The lowest BCUT2D eigenvalue weighted by Crippen LogP contribution is -2.15. The average Bonchev–Trinajstić information content (AvgIpc) is 2.54. The van der Waals surface area contributed by atoms with Gasteiger partial charge in [0.25, 0.3) is 5.91 Å². The molecule has 0 atom stereocenters. The van der Waals surface area contributed by atoms with Crippen LogP contribution in [0.4, 0.5) is 11.4 Å². The first-order valence-electron chi connectivity index (χ1n) is 7.51. The van der Waals surface area contributed by atoms with E-state index in [4.69, 9.17) is 4.74 Å². The highest BCUT2D eigenvalue weighted by molar-refractivity contribution is 6.07. The van der Waals surface area contributed by atoms with Gasteiger partial charge in [-0.05, 0) is 42.8 Å². The molecule has 0 bridgehead atoms. The van der Waals surface area contributed by atoms with Crippen LogP contribution in [0.25, 0.3) is 0 Å². The second-order valence-electron chi connectivity index (χ2n) is 5.05. The van der Waals surface area contributed by atoms with Gasteiger partial charge in [-0.2, -0.15) is 0 Å². The van der Waals surface area contributed by atoms with Crippen molar-refractivity contribution >= 4 is 23.2 Å². The summed E-state index contributed by atoms with van der Waals surface area (Å²) in [4.78, 5) is 23.5. The van der Waals surface area contributed by atoms with Crippen molar-refractivity contribution in [2.24, 2.45) is 0 Å². The summed E-state index contributed by atoms with van der Waals surface area (Å²) in [5.41, 5.74) is 1.64. The van der Waals surface area contributed by atoms with Crippen molar-refractivity contribution in [3.63, 3.8) is 0 Å². The number of nitrogens with one attached hydrogen (secondary N) is 2. The molecular weight excluding hydrogens is 292 g/mol. The molecule has 0 aliphatic heterocycles. The molecule has 0 spiro atoms. The minimum Gasteiger partial charge on any atom is -0.494 e. The van der Waals surface area contributed by atoms with Crippen molar-refractivity contribution in [1.82, 2.24) is 0 Å². The van der Waals surface area contributed by atoms with Gasteiger partial charge in [0.1, 0.15) is 5.75 Å². The predicted molar refractivity (Wildman–Crippen MR) is 90.9 cm³/mol. The molecule has 0 radical (unpaired) electrons. The van der Waals surface area contributed by atoms with E-state index in [9.17, 15) is 9.59 Å². The number of carbonyl (C=O) groups excluding carboxylic acids is 2. The zero-order valence-electron chi connectivity index (χ0n) is 13.3. The molecule has 23 heavy (non-hydrogen) atoms. The summed E-state index contributed by atoms with van der Waals surface area (Å²) in [5.74, 6) is 0.302. The molecule has 0 heterocycles. The Bertz CT molecular complexity index is 681. The number of para-hydroxylation sites is 2. The Labute approximate surface area is 135 Å². The van der Waals surface area contributed by atoms with Crippen molar-refractivity contribution in [3.8, 4) is 5.75 Å². The molecule has 0 saturated carbocycles. The minimum absolute atomic E-state index is 0.191. The Morgan fingerprint density at radius 2 is 1.57 bits per heavy atom. The van der Waals surface area contributed by atoms with Crippen LogP contribution in [-0.2, 0) is 4.79 Å². The quantitative estimate of drug-likeness (QED) is 0.855. The summed E-state index contributed by atoms with van der Waals surface area (Å²) in [6.45, 7) is 4.11. The molecular formula is C18H20N2O3. The summed E-state index contributed by atoms with van der Waals surface area (Å²) in [5, 5.41) is 5.49. The van der Waals surface area contributed by atoms with E-state index < -0.39 is 0 Å². The molecule has 0 aliphatic rings. The molecule has 120 valence electrons. The van der Waals surface area contributed by atoms with Crippen molar-refractivity contribution in [2.45, 2.75) is 20.3 Å². The van der Waals surface area contributed by atoms with Crippen molar-refractivity contribution in [3.05, 3.63) is 54.1 Å². The number of carbonyl (C=O) groups is 2. The first kappa shape index (κ1) is 16.5. The van der Waals surface area contributed by atoms with E-state index in [2.05, 4.69) is 10.6 Å². The van der Waals surface area contributed by atoms with E-state index >= 15 is 0 Å². The maximum atomic E-state index is 12.3. The van der Waals surface area contributed by atoms with Crippen LogP contribution in [0.15, 0.2) is 48.5 Å². The van der Waals surface area contributed by atoms with Crippen LogP contribution >= 0.6 is 0 Å². The molecule has 2 aromatic carbocycles. The van der Waals surface area contributed by atoms with Crippen LogP contribution in [0, 0.1) is 0 Å². The lowest BCUT2D eigenvalue weighted by atomic mass is 10.2. The van der Waals surface area contributed by atoms with Gasteiger partial charge < -0.3 is 15.4 Å². The van der Waals surface area contributed by atoms with E-state index in [1.165, 1.54) is 6.92 Å². The van der Waals surface area contributed by atoms with Gasteiger partial charge in [-0.25, -0.2) is 0 Å². The van der Waals surface area contributed by atoms with E-state index in [-0.39, 0.29) is 11.8 Å². The molecule has 2 rings (SSSR count). The van der Waals surface area contributed by atoms with Crippen molar-refractivity contribution in [2.75, 3.05) is 17.2 Å². The largest absolute Gasteiger partial charge is 0.494 e. The Morgan fingerprint density at radius 3 is 2.13 bits per heavy atom. The summed E-state index contributed by atoms with van der Waals surface area (Å²) in [7, 11) is 0. The number of anilines is 2. The van der Waals surface area contributed by atoms with E-state index in [0.717, 1.165) is 12.2 Å². The summed E-state index contributed by atoms with van der Waals surface area (Å²) < 4.78 is 5.49. The van der Waals surface area contributed by atoms with Crippen LogP contribution in [0.2, 0.25) is 0 Å². The number of amides is 2. The molecule has 0 aromatic heterocycles. The highest BCUT2D eigenvalue weighted by Gasteiger charge is 2.09. The SMILES string of the molecule is CCCOc1ccc(C(=O)Nc2ccccc2NC(C)=O)cc1. The highest BCUT2D eigenvalue weighted by atomic mass is 16.5. The molecule has 0 saturated heterocycles. The van der Waals surface area contributed by atoms with Gasteiger partial charge in [0.15, 0.2) is 0 Å². The monoisotopic (exact) mass is 312 g/mol. The van der Waals surface area contributed by atoms with Gasteiger partial charge in [0, 0.05) is 12.5 Å². The van der Waals surface area contributed by atoms with Gasteiger partial charge in [-0.3, -0.25) is 9.59 Å². The van der Waals surface area contributed by atoms with Gasteiger partial charge >= 0.3 is 0 Å². The Morgan fingerprint density at radius 1 is 0.957 bits per heavy atom. The average molecular weight is 312 g/mol. The fraction of sp³-hybridized carbons (Fsp3) is 0.222. The molecule has 0 fully saturated rings. The Kier molecular flexibility index (Phi) is 5.74. The molecule has 2 aromatic rings. The van der Waals surface area contributed by atoms with E-state index in [1.807, 2.05) is 6.92 Å². The summed E-state index contributed by atoms with van der Waals surface area (Å²) >= 11 is 0. The zero-order chi connectivity index (χ0) is 16.7. The normalized spacial score (nSPS) is 10.0. The van der Waals surface area contributed by atoms with Gasteiger partial charge in [-0.15, -0.1) is 0 Å². The summed E-state index contributed by atoms with van der Waals surface area (Å²) in [6.07, 6.45) is 0.933. The molecule has 2 amide bonds. The maximum Gasteiger partial charge on any atom is 0.255 e. The number of hydrogen-bond donors (Lipinski definition) is 2. The molecule has 2 N–H and O–H groups in total. The fourth-order valence-electron chi connectivity index (χ4n) is 2.01. The third kappa shape index (κ3) is 4.85. The number of benzene rings is 2. The Hall–Kier alpha value is -2.82. The first-order valence-corrected chi connectivity index (χ1v) is 7.51. The lowest BCUT2D eigenvalue weighted by molar-refractivity contribution is -0.114. The van der Waals surface area contributed by atoms with Crippen molar-refractivity contribution < 1.29 is 14.3 Å². The molecule has 5 nitrogen and oxygen atoms in total. The third-order valence-electron chi connectivity index (χ3n) is 3.08. The maximum absolute atomic E-state index is 12.3. The molecule has 5 heteroatoms. The topological polar surface area (TPSA) is 67.4 Å². The third-order valence-corrected chi connectivity index (χ3v) is 3.08. The van der Waals surface area contributed by atoms with E-state index in [0.29, 0.717) is 23.5 Å². The van der Waals surface area contributed by atoms with Crippen LogP contribution in [0.3, 0.4) is 0 Å². The lowest BCUT2D eigenvalue weighted by Gasteiger charge is -2.11. The van der Waals surface area contributed by atoms with Crippen LogP contribution < -0.4 is 15.4 Å². The second-order valence-corrected chi connectivity index (χ2v) is 5.05. The van der Waals surface area contributed by atoms with Crippen molar-refractivity contribution in [1.29, 1.82) is 0 Å². The number of ether oxygens (including phenoxy) is 1. The van der Waals surface area contributed by atoms with E-state index in [1.54, 1.807) is 48.5 Å². The predicted octanol–water partition coefficient (Wildman–Crippen LogP) is 3.69. The second kappa shape index (κ2) is 7.98. The first-order chi connectivity index (χ1) is 11.1. The molecule has 0 unspecified atom stereocenters. The number of hydrogen-bond acceptors (Lipinski definition) is 3. The van der Waals surface area contributed by atoms with Gasteiger partial charge in [0.05, 0.1) is 18.0 Å². The minimum atomic E-state index is -0.246. The smallest absolute Gasteiger partial charge is 0.255 e. The Balaban J connectivity index is 2.08. The van der Waals surface area contributed by atoms with Gasteiger partial charge in [0.2, 0.25) is 5.91 Å². The highest BCUT2D eigenvalue weighted by Crippen LogP contribution is 2.22. The van der Waals surface area contributed by atoms with Gasteiger partial charge in [-0.1, -0.05) is 19.1 Å². The summed E-state index contributed by atoms with van der Waals surface area (Å²) in [6, 6.07) is 14.0. The van der Waals surface area contributed by atoms with Crippen LogP contribution in [-0.4, -0.2) is 18.4 Å². The molecule has 0 aliphatic carbocycles. The number of rotatable bonds is 6. The standard InChI is InChI=1S/C18H20N2O3/c1-3-12-23-15-10-8-14(9-11-15)18(22)20-17-7-5-4-6-16(17)19-13(2)21/h4-11H,3,12H2,1-2H3,(H,19,21)(H,20,22).